The summed E-state index contributed by atoms with van der Waals surface area (Å²) in [5, 5.41) is 15.3. The molecule has 0 saturated heterocycles. The maximum atomic E-state index is 7.46. The molecule has 0 aliphatic heterocycles. The summed E-state index contributed by atoms with van der Waals surface area (Å²) < 4.78 is 1.77. The summed E-state index contributed by atoms with van der Waals surface area (Å²) in [5.41, 5.74) is 10.3. The van der Waals surface area contributed by atoms with Gasteiger partial charge in [0, 0.05) is 35.0 Å². The molecule has 0 bridgehead atoms. The number of rotatable bonds is 4. The molecule has 0 aliphatic rings. The number of nitrogens with two attached hydrogens (primary N) is 1. The molecule has 0 unspecified atom stereocenters. The zero-order chi connectivity index (χ0) is 18.1. The molecule has 7 heteroatoms. The van der Waals surface area contributed by atoms with Gasteiger partial charge < -0.3 is 16.5 Å². The first-order valence-electron chi connectivity index (χ1n) is 8.10. The maximum absolute atomic E-state index is 7.46. The zero-order valence-electron chi connectivity index (χ0n) is 14.1. The molecule has 4 aromatic rings. The van der Waals surface area contributed by atoms with Crippen LogP contribution in [0, 0.1) is 12.3 Å². The quantitative estimate of drug-likeness (QED) is 0.389. The van der Waals surface area contributed by atoms with Gasteiger partial charge in [-0.15, -0.1) is 5.10 Å². The third kappa shape index (κ3) is 2.86. The Morgan fingerprint density at radius 2 is 2.00 bits per heavy atom. The summed E-state index contributed by atoms with van der Waals surface area (Å²) in [4.78, 5) is 9.17. The van der Waals surface area contributed by atoms with Crippen molar-refractivity contribution in [2.75, 3.05) is 11.1 Å². The third-order valence-corrected chi connectivity index (χ3v) is 4.01. The standard InChI is InChI=1S/C19H17N7/c1-12-4-2-5-16(22-12)18-24-19(17-6-3-9-26(17)25-18)23-14-7-8-15(21)13(10-14)11-20/h2-11,20H,21H2,1H3,(H,23,24,25). The van der Waals surface area contributed by atoms with Gasteiger partial charge in [-0.25, -0.2) is 14.5 Å². The van der Waals surface area contributed by atoms with Crippen molar-refractivity contribution >= 4 is 28.9 Å². The minimum Gasteiger partial charge on any atom is -0.398 e. The van der Waals surface area contributed by atoms with E-state index in [2.05, 4.69) is 20.4 Å². The van der Waals surface area contributed by atoms with Crippen LogP contribution in [0.2, 0.25) is 0 Å². The normalized spacial score (nSPS) is 10.8. The van der Waals surface area contributed by atoms with Crippen molar-refractivity contribution in [2.45, 2.75) is 6.92 Å². The van der Waals surface area contributed by atoms with E-state index in [4.69, 9.17) is 11.1 Å². The smallest absolute Gasteiger partial charge is 0.200 e. The molecule has 26 heavy (non-hydrogen) atoms. The fourth-order valence-corrected chi connectivity index (χ4v) is 2.72. The lowest BCUT2D eigenvalue weighted by Gasteiger charge is -2.11. The van der Waals surface area contributed by atoms with E-state index >= 15 is 0 Å². The molecule has 4 N–H and O–H groups in total. The van der Waals surface area contributed by atoms with Crippen LogP contribution in [0.1, 0.15) is 11.3 Å². The minimum absolute atomic E-state index is 0.530. The van der Waals surface area contributed by atoms with Gasteiger partial charge in [-0.05, 0) is 49.4 Å². The van der Waals surface area contributed by atoms with E-state index in [1.807, 2.05) is 55.6 Å². The molecule has 7 nitrogen and oxygen atoms in total. The number of aryl methyl sites for hydroxylation is 1. The monoisotopic (exact) mass is 343 g/mol. The highest BCUT2D eigenvalue weighted by Crippen LogP contribution is 2.25. The second-order valence-corrected chi connectivity index (χ2v) is 5.90. The summed E-state index contributed by atoms with van der Waals surface area (Å²) in [6.45, 7) is 1.93. The van der Waals surface area contributed by atoms with Crippen LogP contribution in [-0.4, -0.2) is 25.8 Å². The summed E-state index contributed by atoms with van der Waals surface area (Å²) in [5.74, 6) is 1.19. The number of benzene rings is 1. The van der Waals surface area contributed by atoms with E-state index < -0.39 is 0 Å². The summed E-state index contributed by atoms with van der Waals surface area (Å²) in [6.07, 6.45) is 3.10. The predicted octanol–water partition coefficient (Wildman–Crippen LogP) is 3.42. The third-order valence-electron chi connectivity index (χ3n) is 4.01. The van der Waals surface area contributed by atoms with E-state index in [0.717, 1.165) is 16.9 Å². The van der Waals surface area contributed by atoms with Gasteiger partial charge in [0.1, 0.15) is 11.2 Å². The van der Waals surface area contributed by atoms with E-state index in [1.54, 1.807) is 10.6 Å². The van der Waals surface area contributed by atoms with E-state index in [-0.39, 0.29) is 0 Å². The summed E-state index contributed by atoms with van der Waals surface area (Å²) in [7, 11) is 0. The molecule has 3 heterocycles. The molecule has 0 amide bonds. The van der Waals surface area contributed by atoms with Crippen LogP contribution < -0.4 is 11.1 Å². The van der Waals surface area contributed by atoms with Gasteiger partial charge in [-0.1, -0.05) is 6.07 Å². The van der Waals surface area contributed by atoms with Crippen molar-refractivity contribution in [2.24, 2.45) is 0 Å². The van der Waals surface area contributed by atoms with Gasteiger partial charge in [0.05, 0.1) is 0 Å². The summed E-state index contributed by atoms with van der Waals surface area (Å²) in [6, 6.07) is 15.0. The fraction of sp³-hybridized carbons (Fsp3) is 0.0526. The zero-order valence-corrected chi connectivity index (χ0v) is 14.1. The minimum atomic E-state index is 0.530. The van der Waals surface area contributed by atoms with Gasteiger partial charge in [0.25, 0.3) is 0 Å². The molecule has 0 spiro atoms. The predicted molar refractivity (Wildman–Crippen MR) is 103 cm³/mol. The maximum Gasteiger partial charge on any atom is 0.200 e. The lowest BCUT2D eigenvalue weighted by molar-refractivity contribution is 0.908. The number of nitrogen functional groups attached to an aromatic ring is 1. The molecule has 0 radical (unpaired) electrons. The first-order valence-corrected chi connectivity index (χ1v) is 8.10. The number of nitrogens with one attached hydrogen (secondary N) is 2. The molecule has 0 atom stereocenters. The molecule has 1 aromatic carbocycles. The van der Waals surface area contributed by atoms with Crippen molar-refractivity contribution in [3.63, 3.8) is 0 Å². The van der Waals surface area contributed by atoms with Crippen LogP contribution in [-0.2, 0) is 0 Å². The average molecular weight is 343 g/mol. The lowest BCUT2D eigenvalue weighted by atomic mass is 10.1. The van der Waals surface area contributed by atoms with E-state index in [0.29, 0.717) is 28.6 Å². The van der Waals surface area contributed by atoms with Crippen molar-refractivity contribution in [3.05, 3.63) is 66.0 Å². The molecule has 0 saturated carbocycles. The Kier molecular flexibility index (Phi) is 3.81. The second-order valence-electron chi connectivity index (χ2n) is 5.90. The molecular formula is C19H17N7. The van der Waals surface area contributed by atoms with Crippen molar-refractivity contribution < 1.29 is 0 Å². The van der Waals surface area contributed by atoms with Crippen LogP contribution in [0.15, 0.2) is 54.7 Å². The summed E-state index contributed by atoms with van der Waals surface area (Å²) >= 11 is 0. The number of aromatic nitrogens is 4. The van der Waals surface area contributed by atoms with Crippen molar-refractivity contribution in [1.29, 1.82) is 5.41 Å². The Morgan fingerprint density at radius 3 is 2.81 bits per heavy atom. The highest BCUT2D eigenvalue weighted by atomic mass is 15.3. The number of fused-ring (bicyclic) bond motifs is 1. The first kappa shape index (κ1) is 15.8. The van der Waals surface area contributed by atoms with Crippen LogP contribution >= 0.6 is 0 Å². The van der Waals surface area contributed by atoms with Gasteiger partial charge in [-0.2, -0.15) is 0 Å². The fourth-order valence-electron chi connectivity index (χ4n) is 2.72. The Bertz CT molecular complexity index is 1110. The Balaban J connectivity index is 1.81. The van der Waals surface area contributed by atoms with Gasteiger partial charge in [-0.3, -0.25) is 0 Å². The van der Waals surface area contributed by atoms with E-state index in [9.17, 15) is 0 Å². The molecule has 3 aromatic heterocycles. The van der Waals surface area contributed by atoms with Gasteiger partial charge in [0.15, 0.2) is 5.82 Å². The number of hydrogen-bond acceptors (Lipinski definition) is 6. The lowest BCUT2D eigenvalue weighted by Crippen LogP contribution is -2.04. The van der Waals surface area contributed by atoms with E-state index in [1.165, 1.54) is 6.21 Å². The van der Waals surface area contributed by atoms with Crippen molar-refractivity contribution in [1.82, 2.24) is 19.6 Å². The molecule has 4 rings (SSSR count). The second kappa shape index (κ2) is 6.29. The number of nitrogens with zero attached hydrogens (tertiary/aromatic N) is 4. The number of hydrogen-bond donors (Lipinski definition) is 3. The topological polar surface area (TPSA) is 105 Å². The SMILES string of the molecule is Cc1cccc(-c2nc(Nc3ccc(N)c(C=N)c3)c3cccn3n2)n1. The first-order chi connectivity index (χ1) is 12.6. The van der Waals surface area contributed by atoms with Gasteiger partial charge >= 0.3 is 0 Å². The Labute approximate surface area is 150 Å². The molecule has 128 valence electrons. The van der Waals surface area contributed by atoms with Crippen LogP contribution in [0.4, 0.5) is 17.2 Å². The number of anilines is 3. The van der Waals surface area contributed by atoms with Gasteiger partial charge in [0.2, 0.25) is 5.82 Å². The molecule has 0 aliphatic carbocycles. The Morgan fingerprint density at radius 1 is 1.12 bits per heavy atom. The Hall–Kier alpha value is -3.74. The van der Waals surface area contributed by atoms with Crippen LogP contribution in [0.3, 0.4) is 0 Å². The van der Waals surface area contributed by atoms with Crippen LogP contribution in [0.5, 0.6) is 0 Å². The van der Waals surface area contributed by atoms with Crippen LogP contribution in [0.25, 0.3) is 17.0 Å². The highest BCUT2D eigenvalue weighted by molar-refractivity contribution is 5.87. The van der Waals surface area contributed by atoms with Crippen molar-refractivity contribution in [3.8, 4) is 11.5 Å². The average Bonchev–Trinajstić information content (AvgIpc) is 3.12. The largest absolute Gasteiger partial charge is 0.398 e. The molecule has 0 fully saturated rings. The number of pyridine rings is 1. The molecular weight excluding hydrogens is 326 g/mol. The highest BCUT2D eigenvalue weighted by Gasteiger charge is 2.11.